The molecule has 1 unspecified atom stereocenters. The van der Waals surface area contributed by atoms with Crippen molar-refractivity contribution in [3.8, 4) is 0 Å². The predicted octanol–water partition coefficient (Wildman–Crippen LogP) is 1.82. The van der Waals surface area contributed by atoms with Crippen LogP contribution in [0.4, 0.5) is 0 Å². The highest BCUT2D eigenvalue weighted by atomic mass is 32.2. The molecule has 1 aromatic carbocycles. The number of hydrogen-bond donors (Lipinski definition) is 0. The molecule has 1 rings (SSSR count). The van der Waals surface area contributed by atoms with Crippen molar-refractivity contribution in [3.63, 3.8) is 0 Å². The van der Waals surface area contributed by atoms with Crippen molar-refractivity contribution in [1.82, 2.24) is 0 Å². The standard InChI is InChI=1S/C10H14O3S/c11-14(12)13-9-5-4-8-10-6-2-1-3-7-10/h1-3,6-7H,4-5,8-9H2,(H,11,12)/p-1. The minimum atomic E-state index is -2.36. The second-order valence-electron chi connectivity index (χ2n) is 2.97. The largest absolute Gasteiger partial charge is 0.750 e. The van der Waals surface area contributed by atoms with Crippen LogP contribution in [0.3, 0.4) is 0 Å². The van der Waals surface area contributed by atoms with Gasteiger partial charge in [-0.2, -0.15) is 0 Å². The van der Waals surface area contributed by atoms with Gasteiger partial charge in [0.05, 0.1) is 18.0 Å². The molecule has 1 aromatic rings. The van der Waals surface area contributed by atoms with Gasteiger partial charge in [0.25, 0.3) is 0 Å². The van der Waals surface area contributed by atoms with Gasteiger partial charge in [0.15, 0.2) is 0 Å². The first-order valence-corrected chi connectivity index (χ1v) is 5.55. The van der Waals surface area contributed by atoms with E-state index in [1.807, 2.05) is 18.2 Å². The molecule has 0 saturated heterocycles. The molecule has 0 spiro atoms. The smallest absolute Gasteiger partial charge is 0.0842 e. The quantitative estimate of drug-likeness (QED) is 0.535. The SMILES string of the molecule is O=S([O-])OCCCCc1ccccc1. The summed E-state index contributed by atoms with van der Waals surface area (Å²) in [7, 11) is 0. The lowest BCUT2D eigenvalue weighted by molar-refractivity contribution is 0.292. The Morgan fingerprint density at radius 2 is 1.93 bits per heavy atom. The van der Waals surface area contributed by atoms with Crippen molar-refractivity contribution in [3.05, 3.63) is 35.9 Å². The summed E-state index contributed by atoms with van der Waals surface area (Å²) in [5, 5.41) is 0. The monoisotopic (exact) mass is 213 g/mol. The molecule has 4 heteroatoms. The fraction of sp³-hybridized carbons (Fsp3) is 0.400. The average molecular weight is 213 g/mol. The molecule has 0 N–H and O–H groups in total. The lowest BCUT2D eigenvalue weighted by Gasteiger charge is -2.05. The van der Waals surface area contributed by atoms with Crippen LogP contribution in [0.5, 0.6) is 0 Å². The van der Waals surface area contributed by atoms with Crippen LogP contribution in [0.2, 0.25) is 0 Å². The zero-order chi connectivity index (χ0) is 10.2. The molecule has 0 saturated carbocycles. The second kappa shape index (κ2) is 6.70. The Balaban J connectivity index is 2.08. The molecular formula is C10H13O3S-. The number of benzene rings is 1. The van der Waals surface area contributed by atoms with Crippen LogP contribution in [0.25, 0.3) is 0 Å². The lowest BCUT2D eigenvalue weighted by atomic mass is 10.1. The van der Waals surface area contributed by atoms with Crippen molar-refractivity contribution in [2.75, 3.05) is 6.61 Å². The third kappa shape index (κ3) is 5.11. The number of rotatable bonds is 6. The highest BCUT2D eigenvalue weighted by Gasteiger charge is 1.92. The van der Waals surface area contributed by atoms with E-state index in [1.54, 1.807) is 0 Å². The van der Waals surface area contributed by atoms with Crippen molar-refractivity contribution in [2.45, 2.75) is 19.3 Å². The first-order chi connectivity index (χ1) is 6.79. The van der Waals surface area contributed by atoms with Gasteiger partial charge in [0.2, 0.25) is 0 Å². The Labute approximate surface area is 86.6 Å². The molecule has 1 atom stereocenters. The molecule has 14 heavy (non-hydrogen) atoms. The van der Waals surface area contributed by atoms with Gasteiger partial charge in [-0.15, -0.1) is 0 Å². The molecule has 0 bridgehead atoms. The van der Waals surface area contributed by atoms with Gasteiger partial charge >= 0.3 is 0 Å². The Kier molecular flexibility index (Phi) is 5.44. The predicted molar refractivity (Wildman–Crippen MR) is 54.3 cm³/mol. The van der Waals surface area contributed by atoms with E-state index in [9.17, 15) is 8.76 Å². The molecule has 0 aromatic heterocycles. The van der Waals surface area contributed by atoms with E-state index in [-0.39, 0.29) is 6.61 Å². The first-order valence-electron chi connectivity index (χ1n) is 4.55. The maximum absolute atomic E-state index is 10.0. The third-order valence-electron chi connectivity index (χ3n) is 1.88. The zero-order valence-corrected chi connectivity index (χ0v) is 8.66. The van der Waals surface area contributed by atoms with E-state index in [0.29, 0.717) is 0 Å². The summed E-state index contributed by atoms with van der Waals surface area (Å²) in [5.41, 5.74) is 1.27. The van der Waals surface area contributed by atoms with Crippen LogP contribution in [-0.4, -0.2) is 15.4 Å². The molecule has 0 fully saturated rings. The van der Waals surface area contributed by atoms with Crippen LogP contribution in [-0.2, 0) is 22.0 Å². The van der Waals surface area contributed by atoms with Gasteiger partial charge in [-0.3, -0.25) is 0 Å². The van der Waals surface area contributed by atoms with Crippen molar-refractivity contribution in [2.24, 2.45) is 0 Å². The molecule has 0 aliphatic carbocycles. The lowest BCUT2D eigenvalue weighted by Crippen LogP contribution is -1.98. The summed E-state index contributed by atoms with van der Waals surface area (Å²) in [5.74, 6) is 0. The summed E-state index contributed by atoms with van der Waals surface area (Å²) < 4.78 is 24.4. The molecule has 0 heterocycles. The Bertz CT molecular complexity index is 274. The third-order valence-corrected chi connectivity index (χ3v) is 2.24. The van der Waals surface area contributed by atoms with Crippen molar-refractivity contribution < 1.29 is 12.9 Å². The minimum absolute atomic E-state index is 0.281. The Morgan fingerprint density at radius 1 is 1.21 bits per heavy atom. The highest BCUT2D eigenvalue weighted by molar-refractivity contribution is 7.74. The van der Waals surface area contributed by atoms with Crippen molar-refractivity contribution >= 4 is 11.4 Å². The fourth-order valence-electron chi connectivity index (χ4n) is 1.20. The average Bonchev–Trinajstić information content (AvgIpc) is 2.18. The van der Waals surface area contributed by atoms with Crippen LogP contribution in [0, 0.1) is 0 Å². The van der Waals surface area contributed by atoms with Crippen LogP contribution >= 0.6 is 0 Å². The maximum atomic E-state index is 10.0. The van der Waals surface area contributed by atoms with E-state index in [0.717, 1.165) is 19.3 Å². The van der Waals surface area contributed by atoms with Gasteiger partial charge in [0, 0.05) is 0 Å². The first kappa shape index (κ1) is 11.4. The maximum Gasteiger partial charge on any atom is 0.0842 e. The van der Waals surface area contributed by atoms with Crippen LogP contribution in [0.1, 0.15) is 18.4 Å². The molecule has 0 amide bonds. The fourth-order valence-corrected chi connectivity index (χ4v) is 1.46. The van der Waals surface area contributed by atoms with Gasteiger partial charge in [0.1, 0.15) is 0 Å². The minimum Gasteiger partial charge on any atom is -0.750 e. The topological polar surface area (TPSA) is 49.4 Å². The number of unbranched alkanes of at least 4 members (excludes halogenated alkanes) is 1. The zero-order valence-electron chi connectivity index (χ0n) is 7.85. The molecule has 0 aliphatic rings. The highest BCUT2D eigenvalue weighted by Crippen LogP contribution is 2.04. The van der Waals surface area contributed by atoms with Gasteiger partial charge in [-0.25, -0.2) is 4.21 Å². The van der Waals surface area contributed by atoms with Gasteiger partial charge in [-0.05, 0) is 24.8 Å². The van der Waals surface area contributed by atoms with E-state index in [2.05, 4.69) is 16.3 Å². The summed E-state index contributed by atoms with van der Waals surface area (Å²) in [6, 6.07) is 10.1. The Hall–Kier alpha value is -0.710. The number of hydrogen-bond acceptors (Lipinski definition) is 3. The molecule has 78 valence electrons. The number of aryl methyl sites for hydroxylation is 1. The molecule has 3 nitrogen and oxygen atoms in total. The molecule has 0 aliphatic heterocycles. The Morgan fingerprint density at radius 3 is 2.57 bits per heavy atom. The summed E-state index contributed by atoms with van der Waals surface area (Å²) in [4.78, 5) is 0. The summed E-state index contributed by atoms with van der Waals surface area (Å²) in [6.45, 7) is 0.281. The van der Waals surface area contributed by atoms with E-state index >= 15 is 0 Å². The van der Waals surface area contributed by atoms with E-state index in [4.69, 9.17) is 0 Å². The van der Waals surface area contributed by atoms with Crippen LogP contribution in [0.15, 0.2) is 30.3 Å². The van der Waals surface area contributed by atoms with Crippen molar-refractivity contribution in [1.29, 1.82) is 0 Å². The van der Waals surface area contributed by atoms with Gasteiger partial charge < -0.3 is 8.74 Å². The summed E-state index contributed by atoms with van der Waals surface area (Å²) in [6.07, 6.45) is 2.68. The molecular weight excluding hydrogens is 200 g/mol. The normalized spacial score (nSPS) is 12.6. The van der Waals surface area contributed by atoms with Gasteiger partial charge in [-0.1, -0.05) is 30.3 Å². The summed E-state index contributed by atoms with van der Waals surface area (Å²) >= 11 is -2.36. The van der Waals surface area contributed by atoms with E-state index in [1.165, 1.54) is 5.56 Å². The van der Waals surface area contributed by atoms with Crippen LogP contribution < -0.4 is 0 Å². The second-order valence-corrected chi connectivity index (χ2v) is 3.61. The van der Waals surface area contributed by atoms with E-state index < -0.39 is 11.4 Å². The molecule has 0 radical (unpaired) electrons.